The molecule has 2 aliphatic rings. The molecule has 1 atom stereocenters. The highest BCUT2D eigenvalue weighted by atomic mass is 19.1. The molecule has 4 rings (SSSR count). The molecule has 0 aliphatic carbocycles. The van der Waals surface area contributed by atoms with Gasteiger partial charge >= 0.3 is 0 Å². The average molecular weight is 391 g/mol. The number of hydrogen-bond acceptors (Lipinski definition) is 5. The molecule has 0 aromatic heterocycles. The molecule has 2 N–H and O–H groups in total. The van der Waals surface area contributed by atoms with Gasteiger partial charge in [-0.15, -0.1) is 0 Å². The molecule has 0 saturated carbocycles. The topological polar surface area (TPSA) is 57.1 Å². The van der Waals surface area contributed by atoms with Gasteiger partial charge in [0.05, 0.1) is 0 Å². The summed E-state index contributed by atoms with van der Waals surface area (Å²) < 4.78 is 19.6. The van der Waals surface area contributed by atoms with Gasteiger partial charge in [0, 0.05) is 31.5 Å². The molecule has 2 aromatic rings. The molecule has 2 aliphatic heterocycles. The summed E-state index contributed by atoms with van der Waals surface area (Å²) in [5, 5.41) is 13.8. The van der Waals surface area contributed by atoms with Gasteiger partial charge in [-0.2, -0.15) is 5.10 Å². The van der Waals surface area contributed by atoms with Crippen LogP contribution in [0, 0.1) is 17.7 Å². The lowest BCUT2D eigenvalue weighted by atomic mass is 10.1. The highest BCUT2D eigenvalue weighted by molar-refractivity contribution is 5.93. The molecule has 29 heavy (non-hydrogen) atoms. The molecule has 5 nitrogen and oxygen atoms in total. The van der Waals surface area contributed by atoms with Crippen molar-refractivity contribution in [3.05, 3.63) is 72.1 Å². The van der Waals surface area contributed by atoms with Crippen LogP contribution in [0.5, 0.6) is 11.5 Å². The second-order valence-electron chi connectivity index (χ2n) is 6.99. The number of phenolic OH excluding ortho intramolecular Hbond substituents is 1. The van der Waals surface area contributed by atoms with E-state index in [2.05, 4.69) is 27.3 Å². The number of halogens is 1. The van der Waals surface area contributed by atoms with Gasteiger partial charge in [0.15, 0.2) is 11.6 Å². The minimum atomic E-state index is -0.321. The standard InChI is InChI=1S/C23H22FN3O2/c24-21-3-1-2-4-22(21)29-20-13-15-27(16-14-20)23-12-9-18(25-26-23)8-5-17-6-10-19(28)11-7-17/h1-4,6-7,9-12,18,20,25,28H,13-16H2. The van der Waals surface area contributed by atoms with Crippen LogP contribution in [0.3, 0.4) is 0 Å². The van der Waals surface area contributed by atoms with Crippen molar-refractivity contribution in [3.8, 4) is 23.3 Å². The van der Waals surface area contributed by atoms with Crippen molar-refractivity contribution >= 4 is 5.84 Å². The fourth-order valence-electron chi connectivity index (χ4n) is 3.28. The smallest absolute Gasteiger partial charge is 0.165 e. The predicted octanol–water partition coefficient (Wildman–Crippen LogP) is 3.27. The lowest BCUT2D eigenvalue weighted by Crippen LogP contribution is -2.43. The molecule has 1 unspecified atom stereocenters. The molecule has 0 amide bonds. The second-order valence-corrected chi connectivity index (χ2v) is 6.99. The molecular weight excluding hydrogens is 369 g/mol. The Kier molecular flexibility index (Phi) is 5.66. The van der Waals surface area contributed by atoms with E-state index in [1.54, 1.807) is 42.5 Å². The summed E-state index contributed by atoms with van der Waals surface area (Å²) in [7, 11) is 0. The minimum absolute atomic E-state index is 0.00760. The number of hydrazone groups is 1. The first-order valence-corrected chi connectivity index (χ1v) is 9.65. The van der Waals surface area contributed by atoms with Gasteiger partial charge in [-0.05, 0) is 48.6 Å². The van der Waals surface area contributed by atoms with E-state index in [-0.39, 0.29) is 23.7 Å². The summed E-state index contributed by atoms with van der Waals surface area (Å²) in [6, 6.07) is 13.1. The summed E-state index contributed by atoms with van der Waals surface area (Å²) in [6.45, 7) is 1.60. The quantitative estimate of drug-likeness (QED) is 0.772. The highest BCUT2D eigenvalue weighted by Crippen LogP contribution is 2.22. The van der Waals surface area contributed by atoms with Crippen molar-refractivity contribution in [1.29, 1.82) is 0 Å². The Balaban J connectivity index is 1.28. The maximum Gasteiger partial charge on any atom is 0.165 e. The maximum atomic E-state index is 13.7. The summed E-state index contributed by atoms with van der Waals surface area (Å²) in [6.07, 6.45) is 5.59. The Morgan fingerprint density at radius 2 is 1.86 bits per heavy atom. The van der Waals surface area contributed by atoms with Crippen LogP contribution in [0.25, 0.3) is 0 Å². The number of para-hydroxylation sites is 1. The first kappa shape index (κ1) is 18.9. The number of aromatic hydroxyl groups is 1. The fraction of sp³-hybridized carbons (Fsp3) is 0.261. The molecule has 0 bridgehead atoms. The van der Waals surface area contributed by atoms with Gasteiger partial charge in [-0.1, -0.05) is 24.0 Å². The van der Waals surface area contributed by atoms with E-state index in [0.717, 1.165) is 37.3 Å². The SMILES string of the molecule is Oc1ccc(C#CC2C=CC(N3CCC(Oc4ccccc4F)CC3)=NN2)cc1. The number of benzene rings is 2. The molecule has 1 saturated heterocycles. The fourth-order valence-corrected chi connectivity index (χ4v) is 3.28. The van der Waals surface area contributed by atoms with Crippen molar-refractivity contribution in [3.63, 3.8) is 0 Å². The van der Waals surface area contributed by atoms with Crippen LogP contribution in [0.2, 0.25) is 0 Å². The van der Waals surface area contributed by atoms with E-state index in [1.165, 1.54) is 6.07 Å². The van der Waals surface area contributed by atoms with Crippen LogP contribution in [-0.2, 0) is 0 Å². The summed E-state index contributed by atoms with van der Waals surface area (Å²) in [5.41, 5.74) is 3.90. The third-order valence-corrected chi connectivity index (χ3v) is 4.89. The molecule has 1 fully saturated rings. The average Bonchev–Trinajstić information content (AvgIpc) is 2.76. The van der Waals surface area contributed by atoms with Crippen LogP contribution in [0.15, 0.2) is 65.8 Å². The number of hydrogen-bond donors (Lipinski definition) is 2. The third-order valence-electron chi connectivity index (χ3n) is 4.89. The molecule has 6 heteroatoms. The zero-order valence-corrected chi connectivity index (χ0v) is 15.9. The predicted molar refractivity (Wildman–Crippen MR) is 110 cm³/mol. The molecule has 0 spiro atoms. The highest BCUT2D eigenvalue weighted by Gasteiger charge is 2.23. The van der Waals surface area contributed by atoms with E-state index in [4.69, 9.17) is 4.74 Å². The number of nitrogens with zero attached hydrogens (tertiary/aromatic N) is 2. The number of amidine groups is 1. The van der Waals surface area contributed by atoms with E-state index >= 15 is 0 Å². The number of piperidine rings is 1. The van der Waals surface area contributed by atoms with E-state index < -0.39 is 0 Å². The molecule has 0 radical (unpaired) electrons. The zero-order valence-electron chi connectivity index (χ0n) is 15.9. The van der Waals surface area contributed by atoms with E-state index in [1.807, 2.05) is 12.2 Å². The van der Waals surface area contributed by atoms with Gasteiger partial charge in [-0.3, -0.25) is 5.43 Å². The third kappa shape index (κ3) is 4.88. The van der Waals surface area contributed by atoms with Crippen molar-refractivity contribution in [1.82, 2.24) is 10.3 Å². The molecular formula is C23H22FN3O2. The first-order chi connectivity index (χ1) is 14.2. The largest absolute Gasteiger partial charge is 0.508 e. The van der Waals surface area contributed by atoms with Crippen molar-refractivity contribution < 1.29 is 14.2 Å². The van der Waals surface area contributed by atoms with Gasteiger partial charge in [-0.25, -0.2) is 4.39 Å². The van der Waals surface area contributed by atoms with E-state index in [0.29, 0.717) is 5.75 Å². The van der Waals surface area contributed by atoms with Crippen molar-refractivity contribution in [2.75, 3.05) is 13.1 Å². The zero-order chi connectivity index (χ0) is 20.1. The Bertz CT molecular complexity index is 968. The normalized spacial score (nSPS) is 19.0. The summed E-state index contributed by atoms with van der Waals surface area (Å²) in [5.74, 6) is 7.27. The minimum Gasteiger partial charge on any atom is -0.508 e. The van der Waals surface area contributed by atoms with Crippen LogP contribution >= 0.6 is 0 Å². The van der Waals surface area contributed by atoms with Crippen LogP contribution in [0.4, 0.5) is 4.39 Å². The molecule has 148 valence electrons. The van der Waals surface area contributed by atoms with Gasteiger partial charge < -0.3 is 14.7 Å². The van der Waals surface area contributed by atoms with Crippen LogP contribution in [-0.4, -0.2) is 41.1 Å². The maximum absolute atomic E-state index is 13.7. The van der Waals surface area contributed by atoms with Crippen molar-refractivity contribution in [2.45, 2.75) is 25.0 Å². The number of likely N-dealkylation sites (tertiary alicyclic amines) is 1. The monoisotopic (exact) mass is 391 g/mol. The molecule has 2 aromatic carbocycles. The summed E-state index contributed by atoms with van der Waals surface area (Å²) in [4.78, 5) is 2.19. The van der Waals surface area contributed by atoms with Crippen LogP contribution < -0.4 is 10.2 Å². The lowest BCUT2D eigenvalue weighted by Gasteiger charge is -2.34. The Morgan fingerprint density at radius 1 is 1.10 bits per heavy atom. The first-order valence-electron chi connectivity index (χ1n) is 9.65. The number of phenols is 1. The van der Waals surface area contributed by atoms with Crippen LogP contribution in [0.1, 0.15) is 18.4 Å². The van der Waals surface area contributed by atoms with Crippen molar-refractivity contribution in [2.24, 2.45) is 5.10 Å². The Hall–Kier alpha value is -3.46. The van der Waals surface area contributed by atoms with Gasteiger partial charge in [0.1, 0.15) is 23.7 Å². The number of ether oxygens (including phenoxy) is 1. The van der Waals surface area contributed by atoms with Gasteiger partial charge in [0.25, 0.3) is 0 Å². The Morgan fingerprint density at radius 3 is 2.55 bits per heavy atom. The Labute approximate surface area is 169 Å². The van der Waals surface area contributed by atoms with Gasteiger partial charge in [0.2, 0.25) is 0 Å². The molecule has 2 heterocycles. The number of rotatable bonds is 2. The summed E-state index contributed by atoms with van der Waals surface area (Å²) >= 11 is 0. The number of nitrogens with one attached hydrogen (secondary N) is 1. The second kappa shape index (κ2) is 8.70. The van der Waals surface area contributed by atoms with E-state index in [9.17, 15) is 9.50 Å². The lowest BCUT2D eigenvalue weighted by molar-refractivity contribution is 0.126.